The standard InChI is InChI=1S/C16H21FN2/c1-13-5-2-3-10-19(13)12-15-8-7-14(6-4-9-18)11-16(15)17/h7-8,11,13H,2-3,5,9-10,12,18H2,1H3. The van der Waals surface area contributed by atoms with Crippen LogP contribution in [0.3, 0.4) is 0 Å². The van der Waals surface area contributed by atoms with Crippen molar-refractivity contribution in [1.29, 1.82) is 0 Å². The molecule has 19 heavy (non-hydrogen) atoms. The van der Waals surface area contributed by atoms with Crippen molar-refractivity contribution in [2.24, 2.45) is 5.73 Å². The van der Waals surface area contributed by atoms with E-state index in [9.17, 15) is 4.39 Å². The molecule has 1 atom stereocenters. The molecule has 2 N–H and O–H groups in total. The van der Waals surface area contributed by atoms with Crippen LogP contribution in [-0.4, -0.2) is 24.0 Å². The van der Waals surface area contributed by atoms with Gasteiger partial charge in [0, 0.05) is 23.7 Å². The normalized spacial score (nSPS) is 19.8. The fraction of sp³-hybridized carbons (Fsp3) is 0.500. The third kappa shape index (κ3) is 3.79. The molecule has 3 heteroatoms. The van der Waals surface area contributed by atoms with Crippen molar-refractivity contribution in [3.8, 4) is 11.8 Å². The van der Waals surface area contributed by atoms with Gasteiger partial charge in [-0.05, 0) is 38.4 Å². The summed E-state index contributed by atoms with van der Waals surface area (Å²) >= 11 is 0. The maximum absolute atomic E-state index is 14.0. The minimum Gasteiger partial charge on any atom is -0.320 e. The lowest BCUT2D eigenvalue weighted by Gasteiger charge is -2.33. The molecular weight excluding hydrogens is 239 g/mol. The molecule has 0 aromatic heterocycles. The van der Waals surface area contributed by atoms with Gasteiger partial charge in [0.25, 0.3) is 0 Å². The first-order valence-corrected chi connectivity index (χ1v) is 6.92. The van der Waals surface area contributed by atoms with Gasteiger partial charge in [-0.3, -0.25) is 4.90 Å². The molecule has 0 bridgehead atoms. The third-order valence-electron chi connectivity index (χ3n) is 3.70. The van der Waals surface area contributed by atoms with Crippen LogP contribution >= 0.6 is 0 Å². The van der Waals surface area contributed by atoms with Crippen LogP contribution in [0.2, 0.25) is 0 Å². The predicted octanol–water partition coefficient (Wildman–Crippen LogP) is 2.51. The summed E-state index contributed by atoms with van der Waals surface area (Å²) in [6.07, 6.45) is 3.71. The van der Waals surface area contributed by atoms with Gasteiger partial charge in [0.15, 0.2) is 0 Å². The molecule has 1 aromatic rings. The van der Waals surface area contributed by atoms with Crippen molar-refractivity contribution in [3.05, 3.63) is 35.1 Å². The second-order valence-electron chi connectivity index (χ2n) is 5.13. The third-order valence-corrected chi connectivity index (χ3v) is 3.70. The first-order valence-electron chi connectivity index (χ1n) is 6.92. The molecule has 0 aliphatic carbocycles. The van der Waals surface area contributed by atoms with Crippen LogP contribution in [0.1, 0.15) is 37.3 Å². The first-order chi connectivity index (χ1) is 9.20. The van der Waals surface area contributed by atoms with Gasteiger partial charge in [-0.1, -0.05) is 24.3 Å². The highest BCUT2D eigenvalue weighted by atomic mass is 19.1. The maximum Gasteiger partial charge on any atom is 0.128 e. The second-order valence-corrected chi connectivity index (χ2v) is 5.13. The fourth-order valence-corrected chi connectivity index (χ4v) is 2.52. The summed E-state index contributed by atoms with van der Waals surface area (Å²) in [7, 11) is 0. The Kier molecular flexibility index (Phi) is 4.95. The SMILES string of the molecule is CC1CCCCN1Cc1ccc(C#CCN)cc1F. The number of benzene rings is 1. The molecule has 1 heterocycles. The van der Waals surface area contributed by atoms with Crippen LogP contribution in [0.4, 0.5) is 4.39 Å². The maximum atomic E-state index is 14.0. The number of likely N-dealkylation sites (tertiary alicyclic amines) is 1. The van der Waals surface area contributed by atoms with Gasteiger partial charge >= 0.3 is 0 Å². The molecule has 1 fully saturated rings. The number of hydrogen-bond acceptors (Lipinski definition) is 2. The van der Waals surface area contributed by atoms with Crippen molar-refractivity contribution in [1.82, 2.24) is 4.90 Å². The van der Waals surface area contributed by atoms with E-state index in [0.717, 1.165) is 12.1 Å². The summed E-state index contributed by atoms with van der Waals surface area (Å²) in [4.78, 5) is 2.35. The van der Waals surface area contributed by atoms with Crippen molar-refractivity contribution in [2.75, 3.05) is 13.1 Å². The molecule has 1 aliphatic rings. The van der Waals surface area contributed by atoms with Gasteiger partial charge in [-0.25, -0.2) is 4.39 Å². The minimum absolute atomic E-state index is 0.165. The Balaban J connectivity index is 2.08. The summed E-state index contributed by atoms with van der Waals surface area (Å²) in [6, 6.07) is 5.77. The molecule has 0 amide bonds. The largest absolute Gasteiger partial charge is 0.320 e. The number of nitrogens with zero attached hydrogens (tertiary/aromatic N) is 1. The van der Waals surface area contributed by atoms with E-state index in [0.29, 0.717) is 24.7 Å². The molecule has 0 saturated carbocycles. The molecule has 1 aromatic carbocycles. The molecule has 1 aliphatic heterocycles. The Labute approximate surface area is 114 Å². The van der Waals surface area contributed by atoms with E-state index in [1.54, 1.807) is 0 Å². The number of halogens is 1. The van der Waals surface area contributed by atoms with E-state index in [1.165, 1.54) is 25.3 Å². The predicted molar refractivity (Wildman–Crippen MR) is 76.1 cm³/mol. The number of piperidine rings is 1. The summed E-state index contributed by atoms with van der Waals surface area (Å²) in [6.45, 7) is 4.28. The molecule has 1 unspecified atom stereocenters. The van der Waals surface area contributed by atoms with Gasteiger partial charge in [0.1, 0.15) is 5.82 Å². The van der Waals surface area contributed by atoms with E-state index in [1.807, 2.05) is 12.1 Å². The number of hydrogen-bond donors (Lipinski definition) is 1. The highest BCUT2D eigenvalue weighted by Gasteiger charge is 2.19. The summed E-state index contributed by atoms with van der Waals surface area (Å²) in [5, 5.41) is 0. The molecule has 2 nitrogen and oxygen atoms in total. The van der Waals surface area contributed by atoms with E-state index >= 15 is 0 Å². The number of rotatable bonds is 2. The molecule has 102 valence electrons. The van der Waals surface area contributed by atoms with Gasteiger partial charge in [-0.15, -0.1) is 0 Å². The molecule has 0 radical (unpaired) electrons. The Hall–Kier alpha value is -1.37. The van der Waals surface area contributed by atoms with Crippen molar-refractivity contribution in [3.63, 3.8) is 0 Å². The fourth-order valence-electron chi connectivity index (χ4n) is 2.52. The molecule has 0 spiro atoms. The quantitative estimate of drug-likeness (QED) is 0.828. The van der Waals surface area contributed by atoms with E-state index in [4.69, 9.17) is 5.73 Å². The van der Waals surface area contributed by atoms with Gasteiger partial charge in [0.05, 0.1) is 6.54 Å². The summed E-state index contributed by atoms with van der Waals surface area (Å²) in [5.74, 6) is 5.43. The van der Waals surface area contributed by atoms with E-state index in [2.05, 4.69) is 23.7 Å². The van der Waals surface area contributed by atoms with Gasteiger partial charge < -0.3 is 5.73 Å². The lowest BCUT2D eigenvalue weighted by molar-refractivity contribution is 0.151. The highest BCUT2D eigenvalue weighted by Crippen LogP contribution is 2.20. The Morgan fingerprint density at radius 2 is 2.26 bits per heavy atom. The average Bonchev–Trinajstić information content (AvgIpc) is 2.41. The molecular formula is C16H21FN2. The lowest BCUT2D eigenvalue weighted by atomic mass is 10.0. The Bertz CT molecular complexity index is 487. The van der Waals surface area contributed by atoms with Crippen LogP contribution in [0, 0.1) is 17.7 Å². The minimum atomic E-state index is -0.165. The van der Waals surface area contributed by atoms with Crippen molar-refractivity contribution >= 4 is 0 Å². The Morgan fingerprint density at radius 1 is 1.42 bits per heavy atom. The average molecular weight is 260 g/mol. The van der Waals surface area contributed by atoms with Crippen LogP contribution in [0.25, 0.3) is 0 Å². The van der Waals surface area contributed by atoms with Crippen LogP contribution in [0.15, 0.2) is 18.2 Å². The van der Waals surface area contributed by atoms with Crippen LogP contribution in [-0.2, 0) is 6.54 Å². The molecule has 1 saturated heterocycles. The summed E-state index contributed by atoms with van der Waals surface area (Å²) < 4.78 is 14.0. The monoisotopic (exact) mass is 260 g/mol. The van der Waals surface area contributed by atoms with Crippen LogP contribution in [0.5, 0.6) is 0 Å². The number of nitrogens with two attached hydrogens (primary N) is 1. The zero-order valence-electron chi connectivity index (χ0n) is 11.5. The van der Waals surface area contributed by atoms with Crippen molar-refractivity contribution in [2.45, 2.75) is 38.8 Å². The van der Waals surface area contributed by atoms with E-state index in [-0.39, 0.29) is 5.82 Å². The Morgan fingerprint density at radius 3 is 2.95 bits per heavy atom. The zero-order chi connectivity index (χ0) is 13.7. The van der Waals surface area contributed by atoms with Crippen molar-refractivity contribution < 1.29 is 4.39 Å². The topological polar surface area (TPSA) is 29.3 Å². The summed E-state index contributed by atoms with van der Waals surface area (Å²) in [5.41, 5.74) is 6.76. The highest BCUT2D eigenvalue weighted by molar-refractivity contribution is 5.37. The second kappa shape index (κ2) is 6.70. The zero-order valence-corrected chi connectivity index (χ0v) is 11.5. The smallest absolute Gasteiger partial charge is 0.128 e. The lowest BCUT2D eigenvalue weighted by Crippen LogP contribution is -2.36. The first kappa shape index (κ1) is 14.0. The van der Waals surface area contributed by atoms with Crippen LogP contribution < -0.4 is 5.73 Å². The van der Waals surface area contributed by atoms with Gasteiger partial charge in [0.2, 0.25) is 0 Å². The van der Waals surface area contributed by atoms with E-state index < -0.39 is 0 Å². The van der Waals surface area contributed by atoms with Gasteiger partial charge in [-0.2, -0.15) is 0 Å². The molecule has 2 rings (SSSR count).